The predicted octanol–water partition coefficient (Wildman–Crippen LogP) is 1.88. The van der Waals surface area contributed by atoms with Gasteiger partial charge in [-0.05, 0) is 18.4 Å². The molecule has 5 heteroatoms. The van der Waals surface area contributed by atoms with Crippen molar-refractivity contribution < 1.29 is 4.79 Å². The molecular weight excluding hydrogens is 276 g/mol. The van der Waals surface area contributed by atoms with Gasteiger partial charge in [-0.3, -0.25) is 9.69 Å². The Bertz CT molecular complexity index is 621. The van der Waals surface area contributed by atoms with Crippen molar-refractivity contribution in [1.29, 1.82) is 0 Å². The smallest absolute Gasteiger partial charge is 0.238 e. The quantitative estimate of drug-likeness (QED) is 0.855. The first-order chi connectivity index (χ1) is 10.7. The lowest BCUT2D eigenvalue weighted by atomic mass is 9.72. The Morgan fingerprint density at radius 1 is 1.41 bits per heavy atom. The first-order valence-corrected chi connectivity index (χ1v) is 7.78. The summed E-state index contributed by atoms with van der Waals surface area (Å²) in [4.78, 5) is 22.2. The minimum atomic E-state index is -0.727. The van der Waals surface area contributed by atoms with Gasteiger partial charge in [-0.25, -0.2) is 4.98 Å². The number of nitrogens with two attached hydrogens (primary N) is 1. The van der Waals surface area contributed by atoms with Gasteiger partial charge in [-0.15, -0.1) is 0 Å². The summed E-state index contributed by atoms with van der Waals surface area (Å²) < 4.78 is 0. The molecule has 1 aromatic carbocycles. The SMILES string of the molecule is CCC(C(N)=O)(C(c1ccccc1)c1c[nH]cn1)N1CCC1. The third-order valence-electron chi connectivity index (χ3n) is 4.81. The Hall–Kier alpha value is -2.14. The molecule has 2 atom stereocenters. The lowest BCUT2D eigenvalue weighted by molar-refractivity contribution is -0.135. The number of hydrogen-bond acceptors (Lipinski definition) is 3. The summed E-state index contributed by atoms with van der Waals surface area (Å²) in [6.45, 7) is 3.85. The molecule has 1 saturated heterocycles. The van der Waals surface area contributed by atoms with Gasteiger partial charge in [0.2, 0.25) is 5.91 Å². The van der Waals surface area contributed by atoms with Gasteiger partial charge in [0, 0.05) is 19.3 Å². The number of nitrogens with one attached hydrogen (secondary N) is 1. The van der Waals surface area contributed by atoms with E-state index in [1.165, 1.54) is 0 Å². The van der Waals surface area contributed by atoms with Crippen molar-refractivity contribution in [3.63, 3.8) is 0 Å². The Kier molecular flexibility index (Phi) is 3.98. The normalized spacial score (nSPS) is 19.1. The Morgan fingerprint density at radius 3 is 2.59 bits per heavy atom. The molecule has 0 radical (unpaired) electrons. The van der Waals surface area contributed by atoms with E-state index in [0.29, 0.717) is 6.42 Å². The van der Waals surface area contributed by atoms with E-state index in [2.05, 4.69) is 14.9 Å². The first kappa shape index (κ1) is 14.8. The second-order valence-electron chi connectivity index (χ2n) is 5.82. The number of aromatic nitrogens is 2. The summed E-state index contributed by atoms with van der Waals surface area (Å²) in [5.41, 5.74) is 7.12. The minimum Gasteiger partial charge on any atom is -0.368 e. The molecule has 5 nitrogen and oxygen atoms in total. The van der Waals surface area contributed by atoms with Crippen molar-refractivity contribution in [2.45, 2.75) is 31.2 Å². The van der Waals surface area contributed by atoms with Crippen LogP contribution >= 0.6 is 0 Å². The molecule has 3 N–H and O–H groups in total. The average molecular weight is 298 g/mol. The number of likely N-dealkylation sites (tertiary alicyclic amines) is 1. The monoisotopic (exact) mass is 298 g/mol. The number of amides is 1. The van der Waals surface area contributed by atoms with Crippen molar-refractivity contribution in [2.24, 2.45) is 5.73 Å². The Balaban J connectivity index is 2.16. The number of rotatable bonds is 6. The topological polar surface area (TPSA) is 75.0 Å². The van der Waals surface area contributed by atoms with E-state index in [0.717, 1.165) is 30.8 Å². The lowest BCUT2D eigenvalue weighted by Crippen LogP contribution is -2.65. The number of carbonyl (C=O) groups excluding carboxylic acids is 1. The second-order valence-corrected chi connectivity index (χ2v) is 5.82. The molecule has 2 aromatic rings. The number of nitrogens with zero attached hydrogens (tertiary/aromatic N) is 2. The number of imidazole rings is 1. The number of benzene rings is 1. The van der Waals surface area contributed by atoms with Gasteiger partial charge < -0.3 is 10.7 Å². The minimum absolute atomic E-state index is 0.164. The fraction of sp³-hybridized carbons (Fsp3) is 0.412. The van der Waals surface area contributed by atoms with Gasteiger partial charge in [0.15, 0.2) is 0 Å². The van der Waals surface area contributed by atoms with Crippen LogP contribution in [-0.4, -0.2) is 39.4 Å². The molecule has 1 aromatic heterocycles. The second kappa shape index (κ2) is 5.93. The fourth-order valence-corrected chi connectivity index (χ4v) is 3.56. The highest BCUT2D eigenvalue weighted by Crippen LogP contribution is 2.42. The van der Waals surface area contributed by atoms with E-state index in [9.17, 15) is 4.79 Å². The van der Waals surface area contributed by atoms with E-state index >= 15 is 0 Å². The van der Waals surface area contributed by atoms with E-state index < -0.39 is 5.54 Å². The molecule has 1 fully saturated rings. The molecule has 1 amide bonds. The van der Waals surface area contributed by atoms with E-state index in [1.54, 1.807) is 6.33 Å². The highest BCUT2D eigenvalue weighted by Gasteiger charge is 2.51. The van der Waals surface area contributed by atoms with Crippen molar-refractivity contribution in [3.8, 4) is 0 Å². The molecular formula is C17H22N4O. The van der Waals surface area contributed by atoms with Gasteiger partial charge >= 0.3 is 0 Å². The Morgan fingerprint density at radius 2 is 2.14 bits per heavy atom. The third-order valence-corrected chi connectivity index (χ3v) is 4.81. The zero-order valence-electron chi connectivity index (χ0n) is 12.8. The molecule has 2 unspecified atom stereocenters. The van der Waals surface area contributed by atoms with Crippen molar-refractivity contribution >= 4 is 5.91 Å². The van der Waals surface area contributed by atoms with E-state index in [1.807, 2.05) is 43.5 Å². The lowest BCUT2D eigenvalue weighted by Gasteiger charge is -2.50. The maximum atomic E-state index is 12.5. The van der Waals surface area contributed by atoms with Crippen LogP contribution in [0.5, 0.6) is 0 Å². The average Bonchev–Trinajstić information content (AvgIpc) is 2.99. The van der Waals surface area contributed by atoms with E-state index in [4.69, 9.17) is 5.73 Å². The highest BCUT2D eigenvalue weighted by atomic mass is 16.1. The van der Waals surface area contributed by atoms with Gasteiger partial charge in [0.05, 0.1) is 17.9 Å². The summed E-state index contributed by atoms with van der Waals surface area (Å²) in [6.07, 6.45) is 5.29. The number of aromatic amines is 1. The molecule has 1 aliphatic rings. The largest absolute Gasteiger partial charge is 0.368 e. The van der Waals surface area contributed by atoms with Crippen LogP contribution in [0.1, 0.15) is 36.9 Å². The van der Waals surface area contributed by atoms with Crippen LogP contribution in [0.4, 0.5) is 0 Å². The van der Waals surface area contributed by atoms with Crippen molar-refractivity contribution in [1.82, 2.24) is 14.9 Å². The summed E-state index contributed by atoms with van der Waals surface area (Å²) in [5, 5.41) is 0. The number of hydrogen-bond donors (Lipinski definition) is 2. The van der Waals surface area contributed by atoms with Gasteiger partial charge in [0.1, 0.15) is 5.54 Å². The predicted molar refractivity (Wildman–Crippen MR) is 85.3 cm³/mol. The molecule has 0 aliphatic carbocycles. The number of H-pyrrole nitrogens is 1. The number of primary amides is 1. The van der Waals surface area contributed by atoms with Crippen LogP contribution in [0.25, 0.3) is 0 Å². The van der Waals surface area contributed by atoms with E-state index in [-0.39, 0.29) is 11.8 Å². The molecule has 0 saturated carbocycles. The maximum absolute atomic E-state index is 12.5. The summed E-state index contributed by atoms with van der Waals surface area (Å²) in [6, 6.07) is 10.1. The van der Waals surface area contributed by atoms with Crippen LogP contribution in [0, 0.1) is 0 Å². The molecule has 1 aliphatic heterocycles. The Labute approximate surface area is 130 Å². The van der Waals surface area contributed by atoms with Gasteiger partial charge in [-0.1, -0.05) is 37.3 Å². The van der Waals surface area contributed by atoms with Gasteiger partial charge in [-0.2, -0.15) is 0 Å². The van der Waals surface area contributed by atoms with Crippen LogP contribution < -0.4 is 5.73 Å². The highest BCUT2D eigenvalue weighted by molar-refractivity contribution is 5.87. The summed E-state index contributed by atoms with van der Waals surface area (Å²) in [5.74, 6) is -0.436. The van der Waals surface area contributed by atoms with Crippen molar-refractivity contribution in [2.75, 3.05) is 13.1 Å². The van der Waals surface area contributed by atoms with Crippen LogP contribution in [0.15, 0.2) is 42.9 Å². The van der Waals surface area contributed by atoms with Crippen LogP contribution in [0.2, 0.25) is 0 Å². The zero-order chi connectivity index (χ0) is 15.6. The molecule has 2 heterocycles. The van der Waals surface area contributed by atoms with Crippen LogP contribution in [-0.2, 0) is 4.79 Å². The van der Waals surface area contributed by atoms with Crippen LogP contribution in [0.3, 0.4) is 0 Å². The third kappa shape index (κ3) is 2.22. The summed E-state index contributed by atoms with van der Waals surface area (Å²) in [7, 11) is 0. The molecule has 3 rings (SSSR count). The summed E-state index contributed by atoms with van der Waals surface area (Å²) >= 11 is 0. The zero-order valence-corrected chi connectivity index (χ0v) is 12.8. The molecule has 116 valence electrons. The molecule has 0 bridgehead atoms. The van der Waals surface area contributed by atoms with Crippen molar-refractivity contribution in [3.05, 3.63) is 54.1 Å². The van der Waals surface area contributed by atoms with Gasteiger partial charge in [0.25, 0.3) is 0 Å². The number of carbonyl (C=O) groups is 1. The fourth-order valence-electron chi connectivity index (χ4n) is 3.56. The molecule has 0 spiro atoms. The maximum Gasteiger partial charge on any atom is 0.238 e. The standard InChI is InChI=1S/C17H22N4O/c1-2-17(16(18)22,21-9-6-10-21)15(14-11-19-12-20-14)13-7-4-3-5-8-13/h3-5,7-8,11-12,15H,2,6,9-10H2,1H3,(H2,18,22)(H,19,20). The first-order valence-electron chi connectivity index (χ1n) is 7.78. The molecule has 22 heavy (non-hydrogen) atoms.